The van der Waals surface area contributed by atoms with Crippen LogP contribution in [0.5, 0.6) is 0 Å². The largest absolute Gasteiger partial charge is 0.364 e. The van der Waals surface area contributed by atoms with Gasteiger partial charge in [-0.1, -0.05) is 5.16 Å². The van der Waals surface area contributed by atoms with E-state index in [1.54, 1.807) is 5.38 Å². The molecule has 0 aliphatic heterocycles. The number of hydrazine groups is 1. The minimum absolute atomic E-state index is 0.0875. The van der Waals surface area contributed by atoms with Gasteiger partial charge in [-0.2, -0.15) is 5.01 Å². The number of nitrogens with one attached hydrogen (secondary N) is 1. The van der Waals surface area contributed by atoms with Gasteiger partial charge in [0.1, 0.15) is 6.26 Å². The van der Waals surface area contributed by atoms with Gasteiger partial charge in [0.05, 0.1) is 0 Å². The first-order chi connectivity index (χ1) is 7.83. The maximum absolute atomic E-state index is 11.8. The van der Waals surface area contributed by atoms with E-state index in [-0.39, 0.29) is 5.69 Å². The third-order valence-corrected chi connectivity index (χ3v) is 2.41. The van der Waals surface area contributed by atoms with Crippen molar-refractivity contribution in [2.45, 2.75) is 0 Å². The van der Waals surface area contributed by atoms with Gasteiger partial charge in [0.15, 0.2) is 5.69 Å². The first kappa shape index (κ1) is 10.3. The number of carbonyl (C=O) groups excluding carboxylic acids is 2. The van der Waals surface area contributed by atoms with Crippen molar-refractivity contribution in [2.75, 3.05) is 5.01 Å². The summed E-state index contributed by atoms with van der Waals surface area (Å²) in [5, 5.41) is 6.51. The molecular weight excluding hydrogens is 232 g/mol. The molecule has 0 saturated heterocycles. The van der Waals surface area contributed by atoms with E-state index in [2.05, 4.69) is 20.1 Å². The predicted octanol–water partition coefficient (Wildman–Crippen LogP) is 0.439. The average Bonchev–Trinajstić information content (AvgIpc) is 2.96. The van der Waals surface area contributed by atoms with Gasteiger partial charge in [-0.15, -0.1) is 11.3 Å². The molecule has 0 saturated carbocycles. The molecule has 7 nitrogen and oxygen atoms in total. The number of hydrogen-bond donors (Lipinski definition) is 1. The molecule has 0 atom stereocenters. The van der Waals surface area contributed by atoms with Gasteiger partial charge in [-0.05, 0) is 0 Å². The van der Waals surface area contributed by atoms with Gasteiger partial charge in [-0.25, -0.2) is 4.98 Å². The highest BCUT2D eigenvalue weighted by Gasteiger charge is 2.21. The molecule has 0 radical (unpaired) electrons. The van der Waals surface area contributed by atoms with Crippen LogP contribution in [-0.2, 0) is 4.79 Å². The van der Waals surface area contributed by atoms with Gasteiger partial charge >= 0.3 is 5.91 Å². The predicted molar refractivity (Wildman–Crippen MR) is 54.6 cm³/mol. The third kappa shape index (κ3) is 1.91. The summed E-state index contributed by atoms with van der Waals surface area (Å²) in [5.41, 5.74) is 2.33. The van der Waals surface area contributed by atoms with Crippen LogP contribution < -0.4 is 10.4 Å². The third-order valence-electron chi connectivity index (χ3n) is 1.65. The van der Waals surface area contributed by atoms with Crippen LogP contribution in [0.4, 0.5) is 5.13 Å². The van der Waals surface area contributed by atoms with E-state index in [1.807, 2.05) is 0 Å². The van der Waals surface area contributed by atoms with Crippen molar-refractivity contribution in [3.63, 3.8) is 0 Å². The zero-order valence-corrected chi connectivity index (χ0v) is 8.68. The van der Waals surface area contributed by atoms with Crippen molar-refractivity contribution in [3.05, 3.63) is 29.6 Å². The van der Waals surface area contributed by atoms with Crippen LogP contribution in [0, 0.1) is 0 Å². The molecule has 0 unspecified atom stereocenters. The van der Waals surface area contributed by atoms with E-state index >= 15 is 0 Å². The van der Waals surface area contributed by atoms with Crippen LogP contribution in [0.25, 0.3) is 0 Å². The van der Waals surface area contributed by atoms with Crippen molar-refractivity contribution >= 4 is 28.8 Å². The second-order valence-electron chi connectivity index (χ2n) is 2.59. The molecule has 2 heterocycles. The molecule has 0 bridgehead atoms. The minimum atomic E-state index is -0.518. The molecule has 0 aromatic carbocycles. The zero-order chi connectivity index (χ0) is 11.4. The maximum Gasteiger partial charge on any atom is 0.301 e. The summed E-state index contributed by atoms with van der Waals surface area (Å²) in [6.07, 6.45) is 3.18. The maximum atomic E-state index is 11.8. The van der Waals surface area contributed by atoms with Crippen LogP contribution in [-0.4, -0.2) is 22.5 Å². The number of amides is 2. The zero-order valence-electron chi connectivity index (χ0n) is 7.86. The fraction of sp³-hybridized carbons (Fsp3) is 0. The molecule has 2 aromatic rings. The van der Waals surface area contributed by atoms with E-state index in [0.717, 1.165) is 5.01 Å². The van der Waals surface area contributed by atoms with Crippen molar-refractivity contribution < 1.29 is 14.1 Å². The normalized spacial score (nSPS) is 9.75. The highest BCUT2D eigenvalue weighted by Crippen LogP contribution is 2.17. The van der Waals surface area contributed by atoms with Crippen LogP contribution >= 0.6 is 11.3 Å². The summed E-state index contributed by atoms with van der Waals surface area (Å²) in [6, 6.07) is 1.40. The Bertz CT molecular complexity index is 467. The summed E-state index contributed by atoms with van der Waals surface area (Å²) < 4.78 is 4.55. The number of carbonyl (C=O) groups is 2. The van der Waals surface area contributed by atoms with E-state index in [0.29, 0.717) is 11.5 Å². The molecule has 1 N–H and O–H groups in total. The van der Waals surface area contributed by atoms with Crippen molar-refractivity contribution in [2.24, 2.45) is 0 Å². The molecule has 8 heteroatoms. The topological polar surface area (TPSA) is 88.3 Å². The monoisotopic (exact) mass is 238 g/mol. The SMILES string of the molecule is O=CNN(C(=O)c1ccon1)c1nccs1. The Kier molecular flexibility index (Phi) is 2.92. The summed E-state index contributed by atoms with van der Waals surface area (Å²) in [5.74, 6) is -0.518. The van der Waals surface area contributed by atoms with E-state index in [9.17, 15) is 9.59 Å². The van der Waals surface area contributed by atoms with Crippen molar-refractivity contribution in [1.29, 1.82) is 0 Å². The van der Waals surface area contributed by atoms with Gasteiger partial charge in [-0.3, -0.25) is 15.0 Å². The lowest BCUT2D eigenvalue weighted by atomic mass is 10.4. The number of anilines is 1. The molecule has 0 aliphatic carbocycles. The summed E-state index contributed by atoms with van der Waals surface area (Å²) in [7, 11) is 0. The summed E-state index contributed by atoms with van der Waals surface area (Å²) >= 11 is 1.21. The van der Waals surface area contributed by atoms with E-state index in [4.69, 9.17) is 0 Å². The summed E-state index contributed by atoms with van der Waals surface area (Å²) in [4.78, 5) is 26.2. The number of hydrogen-bond acceptors (Lipinski definition) is 6. The molecule has 2 rings (SSSR count). The highest BCUT2D eigenvalue weighted by atomic mass is 32.1. The Morgan fingerprint density at radius 1 is 1.62 bits per heavy atom. The highest BCUT2D eigenvalue weighted by molar-refractivity contribution is 7.13. The van der Waals surface area contributed by atoms with Crippen LogP contribution in [0.15, 0.2) is 28.4 Å². The number of rotatable bonds is 4. The standard InChI is InChI=1S/C8H6N4O3S/c13-5-10-12(8-9-2-4-16-8)7(14)6-1-3-15-11-6/h1-5H,(H,10,13). The molecule has 2 aromatic heterocycles. The first-order valence-corrected chi connectivity index (χ1v) is 5.05. The molecule has 2 amide bonds. The Morgan fingerprint density at radius 2 is 2.50 bits per heavy atom. The number of nitrogens with zero attached hydrogens (tertiary/aromatic N) is 3. The van der Waals surface area contributed by atoms with Crippen LogP contribution in [0.2, 0.25) is 0 Å². The number of thiazole rings is 1. The first-order valence-electron chi connectivity index (χ1n) is 4.17. The van der Waals surface area contributed by atoms with Gasteiger partial charge in [0.2, 0.25) is 11.5 Å². The van der Waals surface area contributed by atoms with Crippen LogP contribution in [0.3, 0.4) is 0 Å². The van der Waals surface area contributed by atoms with Crippen molar-refractivity contribution in [3.8, 4) is 0 Å². The van der Waals surface area contributed by atoms with E-state index in [1.165, 1.54) is 29.9 Å². The van der Waals surface area contributed by atoms with Gasteiger partial charge in [0, 0.05) is 17.6 Å². The molecule has 0 fully saturated rings. The average molecular weight is 238 g/mol. The Hall–Kier alpha value is -2.22. The molecule has 82 valence electrons. The lowest BCUT2D eigenvalue weighted by Crippen LogP contribution is -2.42. The molecule has 0 spiro atoms. The van der Waals surface area contributed by atoms with Gasteiger partial charge < -0.3 is 4.52 Å². The van der Waals surface area contributed by atoms with Gasteiger partial charge in [0.25, 0.3) is 0 Å². The molecule has 0 aliphatic rings. The van der Waals surface area contributed by atoms with Crippen LogP contribution in [0.1, 0.15) is 10.5 Å². The fourth-order valence-electron chi connectivity index (χ4n) is 1.02. The lowest BCUT2D eigenvalue weighted by molar-refractivity contribution is -0.109. The Balaban J connectivity index is 2.27. The number of aromatic nitrogens is 2. The molecular formula is C8H6N4O3S. The second kappa shape index (κ2) is 4.53. The van der Waals surface area contributed by atoms with Crippen molar-refractivity contribution in [1.82, 2.24) is 15.6 Å². The minimum Gasteiger partial charge on any atom is -0.364 e. The lowest BCUT2D eigenvalue weighted by Gasteiger charge is -2.15. The summed E-state index contributed by atoms with van der Waals surface area (Å²) in [6.45, 7) is 0. The quantitative estimate of drug-likeness (QED) is 0.616. The smallest absolute Gasteiger partial charge is 0.301 e. The second-order valence-corrected chi connectivity index (χ2v) is 3.46. The van der Waals surface area contributed by atoms with E-state index < -0.39 is 5.91 Å². The molecule has 16 heavy (non-hydrogen) atoms. The Morgan fingerprint density at radius 3 is 3.06 bits per heavy atom. The Labute approximate surface area is 93.6 Å². The fourth-order valence-corrected chi connectivity index (χ4v) is 1.62.